The van der Waals surface area contributed by atoms with Crippen molar-refractivity contribution < 1.29 is 4.39 Å². The quantitative estimate of drug-likeness (QED) is 0.305. The van der Waals surface area contributed by atoms with Crippen molar-refractivity contribution in [1.82, 2.24) is 35.0 Å². The molecule has 0 unspecified atom stereocenters. The number of aromatic nitrogens is 6. The lowest BCUT2D eigenvalue weighted by atomic mass is 10.0. The Morgan fingerprint density at radius 2 is 1.94 bits per heavy atom. The van der Waals surface area contributed by atoms with Crippen molar-refractivity contribution >= 4 is 33.3 Å². The van der Waals surface area contributed by atoms with Crippen LogP contribution in [0.5, 0.6) is 0 Å². The van der Waals surface area contributed by atoms with Crippen LogP contribution < -0.4 is 0 Å². The first-order chi connectivity index (χ1) is 17.7. The number of pyridine rings is 2. The molecule has 0 atom stereocenters. The first-order valence-electron chi connectivity index (χ1n) is 12.0. The van der Waals surface area contributed by atoms with Crippen LogP contribution in [0.25, 0.3) is 55.2 Å². The third-order valence-electron chi connectivity index (χ3n) is 6.74. The predicted octanol–water partition coefficient (Wildman–Crippen LogP) is 6.03. The van der Waals surface area contributed by atoms with Crippen LogP contribution in [0.4, 0.5) is 4.39 Å². The summed E-state index contributed by atoms with van der Waals surface area (Å²) in [5, 5.41) is 10.3. The summed E-state index contributed by atoms with van der Waals surface area (Å²) in [5.74, 6) is 0.298. The van der Waals surface area contributed by atoms with Gasteiger partial charge >= 0.3 is 0 Å². The maximum absolute atomic E-state index is 15.2. The van der Waals surface area contributed by atoms with Crippen LogP contribution in [-0.2, 0) is 6.54 Å². The number of likely N-dealkylation sites (tertiary alicyclic amines) is 1. The Labute approximate surface area is 210 Å². The second kappa shape index (κ2) is 8.61. The van der Waals surface area contributed by atoms with Crippen LogP contribution in [0.1, 0.15) is 18.4 Å². The molecule has 1 aliphatic heterocycles. The monoisotopic (exact) mass is 495 g/mol. The highest BCUT2D eigenvalue weighted by molar-refractivity contribution is 7.13. The molecule has 7 rings (SSSR count). The van der Waals surface area contributed by atoms with E-state index >= 15 is 4.39 Å². The van der Waals surface area contributed by atoms with Gasteiger partial charge in [-0.3, -0.25) is 20.0 Å². The molecule has 2 N–H and O–H groups in total. The smallest absolute Gasteiger partial charge is 0.159 e. The van der Waals surface area contributed by atoms with E-state index in [1.54, 1.807) is 23.7 Å². The third kappa shape index (κ3) is 3.68. The number of benzene rings is 1. The molecule has 0 saturated carbocycles. The fourth-order valence-corrected chi connectivity index (χ4v) is 5.72. The van der Waals surface area contributed by atoms with Gasteiger partial charge < -0.3 is 4.98 Å². The zero-order valence-corrected chi connectivity index (χ0v) is 20.1. The number of aromatic amines is 2. The summed E-state index contributed by atoms with van der Waals surface area (Å²) in [4.78, 5) is 20.7. The second-order valence-electron chi connectivity index (χ2n) is 9.13. The second-order valence-corrected chi connectivity index (χ2v) is 10.1. The zero-order valence-electron chi connectivity index (χ0n) is 19.3. The van der Waals surface area contributed by atoms with Crippen LogP contribution in [0, 0.1) is 5.82 Å². The molecule has 36 heavy (non-hydrogen) atoms. The Balaban J connectivity index is 1.31. The topological polar surface area (TPSA) is 86.4 Å². The van der Waals surface area contributed by atoms with Gasteiger partial charge in [0, 0.05) is 47.7 Å². The maximum Gasteiger partial charge on any atom is 0.159 e. The summed E-state index contributed by atoms with van der Waals surface area (Å²) in [6.07, 6.45) is 7.83. The Bertz CT molecular complexity index is 1700. The molecule has 0 spiro atoms. The summed E-state index contributed by atoms with van der Waals surface area (Å²) in [6, 6.07) is 11.3. The first kappa shape index (κ1) is 21.3. The number of nitrogens with one attached hydrogen (secondary N) is 2. The van der Waals surface area contributed by atoms with Gasteiger partial charge in [0.15, 0.2) is 5.82 Å². The predicted molar refractivity (Wildman–Crippen MR) is 140 cm³/mol. The summed E-state index contributed by atoms with van der Waals surface area (Å²) < 4.78 is 15.2. The van der Waals surface area contributed by atoms with Crippen molar-refractivity contribution in [2.24, 2.45) is 0 Å². The molecular weight excluding hydrogens is 473 g/mol. The van der Waals surface area contributed by atoms with E-state index in [0.29, 0.717) is 22.6 Å². The molecule has 9 heteroatoms. The van der Waals surface area contributed by atoms with Crippen LogP contribution >= 0.6 is 11.3 Å². The molecule has 1 saturated heterocycles. The van der Waals surface area contributed by atoms with E-state index in [1.165, 1.54) is 18.9 Å². The van der Waals surface area contributed by atoms with E-state index in [0.717, 1.165) is 57.8 Å². The molecule has 0 amide bonds. The molecule has 7 nitrogen and oxygen atoms in total. The standard InChI is InChI=1S/C27H22FN7S/c28-20-12-22-19(11-18(20)17-10-16(13-29-14-17)15-35-7-1-2-8-35)24(34-33-22)27-31-21-5-6-30-26(25(21)32-27)23-4-3-9-36-23/h3-6,9-14H,1-2,7-8,15H2,(H,31,32)(H,33,34). The minimum absolute atomic E-state index is 0.313. The number of nitrogens with zero attached hydrogens (tertiary/aromatic N) is 5. The zero-order chi connectivity index (χ0) is 24.1. The molecule has 1 aliphatic rings. The largest absolute Gasteiger partial charge is 0.336 e. The molecule has 6 heterocycles. The number of H-pyrrole nitrogens is 2. The first-order valence-corrected chi connectivity index (χ1v) is 12.8. The normalized spacial score (nSPS) is 14.4. The molecule has 5 aromatic heterocycles. The van der Waals surface area contributed by atoms with E-state index < -0.39 is 0 Å². The molecule has 0 bridgehead atoms. The molecule has 1 aromatic carbocycles. The number of rotatable bonds is 5. The van der Waals surface area contributed by atoms with Crippen molar-refractivity contribution in [2.45, 2.75) is 19.4 Å². The van der Waals surface area contributed by atoms with Crippen molar-refractivity contribution in [3.05, 3.63) is 71.7 Å². The fourth-order valence-electron chi connectivity index (χ4n) is 5.00. The summed E-state index contributed by atoms with van der Waals surface area (Å²) in [5.41, 5.74) is 6.09. The average Bonchev–Trinajstić information content (AvgIpc) is 3.70. The molecule has 0 aliphatic carbocycles. The number of fused-ring (bicyclic) bond motifs is 2. The number of hydrogen-bond acceptors (Lipinski definition) is 6. The van der Waals surface area contributed by atoms with Gasteiger partial charge in [-0.1, -0.05) is 6.07 Å². The van der Waals surface area contributed by atoms with Crippen molar-refractivity contribution in [2.75, 3.05) is 13.1 Å². The van der Waals surface area contributed by atoms with Crippen LogP contribution in [0.3, 0.4) is 0 Å². The van der Waals surface area contributed by atoms with Gasteiger partial charge in [0.25, 0.3) is 0 Å². The van der Waals surface area contributed by atoms with Gasteiger partial charge in [-0.05, 0) is 61.1 Å². The molecular formula is C27H22FN7S. The van der Waals surface area contributed by atoms with E-state index in [-0.39, 0.29) is 5.82 Å². The Kier molecular flexibility index (Phi) is 5.11. The van der Waals surface area contributed by atoms with Gasteiger partial charge in [0.05, 0.1) is 15.9 Å². The van der Waals surface area contributed by atoms with Gasteiger partial charge in [-0.2, -0.15) is 5.10 Å². The highest BCUT2D eigenvalue weighted by Gasteiger charge is 2.19. The van der Waals surface area contributed by atoms with Crippen molar-refractivity contribution in [1.29, 1.82) is 0 Å². The highest BCUT2D eigenvalue weighted by atomic mass is 32.1. The number of imidazole rings is 1. The molecule has 6 aromatic rings. The third-order valence-corrected chi connectivity index (χ3v) is 7.62. The summed E-state index contributed by atoms with van der Waals surface area (Å²) in [7, 11) is 0. The Morgan fingerprint density at radius 3 is 2.81 bits per heavy atom. The van der Waals surface area contributed by atoms with Crippen LogP contribution in [-0.4, -0.2) is 48.1 Å². The van der Waals surface area contributed by atoms with Gasteiger partial charge in [-0.15, -0.1) is 11.3 Å². The van der Waals surface area contributed by atoms with Gasteiger partial charge in [0.2, 0.25) is 0 Å². The number of halogens is 1. The van der Waals surface area contributed by atoms with Gasteiger partial charge in [0.1, 0.15) is 22.7 Å². The lowest BCUT2D eigenvalue weighted by Crippen LogP contribution is -2.18. The average molecular weight is 496 g/mol. The summed E-state index contributed by atoms with van der Waals surface area (Å²) >= 11 is 1.62. The SMILES string of the molecule is Fc1cc2[nH]nc(-c3nc4c(-c5cccs5)nccc4[nH]3)c2cc1-c1cncc(CN2CCCC2)c1. The van der Waals surface area contributed by atoms with Gasteiger partial charge in [-0.25, -0.2) is 9.37 Å². The van der Waals surface area contributed by atoms with E-state index in [1.807, 2.05) is 41.9 Å². The van der Waals surface area contributed by atoms with Crippen LogP contribution in [0.15, 0.2) is 60.4 Å². The minimum Gasteiger partial charge on any atom is -0.336 e. The number of hydrogen-bond donors (Lipinski definition) is 2. The Morgan fingerprint density at radius 1 is 1.03 bits per heavy atom. The molecule has 0 radical (unpaired) electrons. The van der Waals surface area contributed by atoms with Crippen LogP contribution in [0.2, 0.25) is 0 Å². The highest BCUT2D eigenvalue weighted by Crippen LogP contribution is 2.34. The molecule has 178 valence electrons. The maximum atomic E-state index is 15.2. The lowest BCUT2D eigenvalue weighted by Gasteiger charge is -2.15. The minimum atomic E-state index is -0.313. The van der Waals surface area contributed by atoms with E-state index in [9.17, 15) is 0 Å². The molecule has 1 fully saturated rings. The number of thiophene rings is 1. The van der Waals surface area contributed by atoms with Crippen molar-refractivity contribution in [3.8, 4) is 33.2 Å². The Hall–Kier alpha value is -3.95. The van der Waals surface area contributed by atoms with E-state index in [2.05, 4.69) is 30.0 Å². The van der Waals surface area contributed by atoms with E-state index in [4.69, 9.17) is 4.98 Å². The summed E-state index contributed by atoms with van der Waals surface area (Å²) in [6.45, 7) is 3.04. The van der Waals surface area contributed by atoms with Crippen molar-refractivity contribution in [3.63, 3.8) is 0 Å². The lowest BCUT2D eigenvalue weighted by molar-refractivity contribution is 0.331. The fraction of sp³-hybridized carbons (Fsp3) is 0.185.